The zero-order chi connectivity index (χ0) is 30.4. The summed E-state index contributed by atoms with van der Waals surface area (Å²) in [7, 11) is 0. The Bertz CT molecular complexity index is 618. The molecule has 0 N–H and O–H groups in total. The average Bonchev–Trinajstić information content (AvgIpc) is 2.94. The summed E-state index contributed by atoms with van der Waals surface area (Å²) < 4.78 is 16.4. The predicted octanol–water partition coefficient (Wildman–Crippen LogP) is 10.0. The van der Waals surface area contributed by atoms with E-state index in [9.17, 15) is 14.4 Å². The SMILES string of the molecule is CCCCCCCCCCCC(=O)O[C@@H](COC(=O)CCCCCCC)COC(=O)CCCCCCCCC(C)C. The molecule has 0 heterocycles. The number of ether oxygens (including phenoxy) is 3. The minimum atomic E-state index is -0.755. The smallest absolute Gasteiger partial charge is 0.306 e. The second kappa shape index (κ2) is 29.9. The molecule has 0 fully saturated rings. The number of hydrogen-bond donors (Lipinski definition) is 0. The van der Waals surface area contributed by atoms with Crippen molar-refractivity contribution in [3.8, 4) is 0 Å². The molecule has 0 aliphatic rings. The largest absolute Gasteiger partial charge is 0.462 e. The summed E-state index contributed by atoms with van der Waals surface area (Å²) in [5.41, 5.74) is 0. The molecule has 0 unspecified atom stereocenters. The standard InChI is InChI=1S/C35H66O6/c1-5-7-9-11-12-13-14-20-24-28-35(38)41-32(29-39-33(36)26-22-17-10-8-6-2)30-40-34(37)27-23-19-16-15-18-21-25-31(3)4/h31-32H,5-30H2,1-4H3/t32-/m0/s1. The first-order valence-electron chi connectivity index (χ1n) is 17.4. The van der Waals surface area contributed by atoms with Gasteiger partial charge in [0.1, 0.15) is 13.2 Å². The van der Waals surface area contributed by atoms with Crippen LogP contribution in [0.15, 0.2) is 0 Å². The molecule has 6 nitrogen and oxygen atoms in total. The van der Waals surface area contributed by atoms with Crippen molar-refractivity contribution in [1.29, 1.82) is 0 Å². The van der Waals surface area contributed by atoms with Gasteiger partial charge >= 0.3 is 17.9 Å². The molecule has 0 aromatic carbocycles. The van der Waals surface area contributed by atoms with Gasteiger partial charge in [-0.2, -0.15) is 0 Å². The van der Waals surface area contributed by atoms with Crippen LogP contribution in [0.25, 0.3) is 0 Å². The second-order valence-electron chi connectivity index (χ2n) is 12.3. The Labute approximate surface area is 253 Å². The topological polar surface area (TPSA) is 78.9 Å². The summed E-state index contributed by atoms with van der Waals surface area (Å²) in [6.45, 7) is 8.77. The Morgan fingerprint density at radius 2 is 0.805 bits per heavy atom. The Morgan fingerprint density at radius 1 is 0.463 bits per heavy atom. The zero-order valence-electron chi connectivity index (χ0n) is 27.5. The molecular weight excluding hydrogens is 516 g/mol. The number of esters is 3. The van der Waals surface area contributed by atoms with Gasteiger partial charge in [0, 0.05) is 19.3 Å². The first-order chi connectivity index (χ1) is 19.9. The van der Waals surface area contributed by atoms with Crippen LogP contribution in [0, 0.1) is 5.92 Å². The van der Waals surface area contributed by atoms with Crippen LogP contribution in [-0.4, -0.2) is 37.2 Å². The Morgan fingerprint density at radius 3 is 1.20 bits per heavy atom. The summed E-state index contributed by atoms with van der Waals surface area (Å²) in [5.74, 6) is -0.128. The van der Waals surface area contributed by atoms with Gasteiger partial charge in [-0.15, -0.1) is 0 Å². The van der Waals surface area contributed by atoms with Gasteiger partial charge in [-0.25, -0.2) is 0 Å². The highest BCUT2D eigenvalue weighted by Crippen LogP contribution is 2.14. The van der Waals surface area contributed by atoms with Crippen LogP contribution in [0.3, 0.4) is 0 Å². The van der Waals surface area contributed by atoms with Gasteiger partial charge in [0.05, 0.1) is 0 Å². The van der Waals surface area contributed by atoms with Crippen molar-refractivity contribution in [2.45, 2.75) is 188 Å². The van der Waals surface area contributed by atoms with Gasteiger partial charge in [-0.1, -0.05) is 143 Å². The van der Waals surface area contributed by atoms with Crippen molar-refractivity contribution in [1.82, 2.24) is 0 Å². The Balaban J connectivity index is 4.33. The van der Waals surface area contributed by atoms with Crippen LogP contribution in [0.4, 0.5) is 0 Å². The average molecular weight is 583 g/mol. The third kappa shape index (κ3) is 29.7. The number of carbonyl (C=O) groups is 3. The molecule has 0 spiro atoms. The van der Waals surface area contributed by atoms with Gasteiger partial charge in [-0.3, -0.25) is 14.4 Å². The fourth-order valence-electron chi connectivity index (χ4n) is 4.86. The fourth-order valence-corrected chi connectivity index (χ4v) is 4.86. The molecular formula is C35H66O6. The van der Waals surface area contributed by atoms with Gasteiger partial charge in [-0.05, 0) is 25.2 Å². The highest BCUT2D eigenvalue weighted by atomic mass is 16.6. The van der Waals surface area contributed by atoms with Gasteiger partial charge in [0.15, 0.2) is 6.10 Å². The van der Waals surface area contributed by atoms with E-state index < -0.39 is 6.10 Å². The number of carbonyl (C=O) groups excluding carboxylic acids is 3. The summed E-state index contributed by atoms with van der Waals surface area (Å²) in [6, 6.07) is 0. The molecule has 0 rings (SSSR count). The van der Waals surface area contributed by atoms with Crippen LogP contribution in [0.5, 0.6) is 0 Å². The van der Waals surface area contributed by atoms with E-state index >= 15 is 0 Å². The molecule has 6 heteroatoms. The number of unbranched alkanes of at least 4 members (excludes halogenated alkanes) is 17. The minimum absolute atomic E-state index is 0.0681. The molecule has 0 saturated carbocycles. The van der Waals surface area contributed by atoms with E-state index in [1.54, 1.807) is 0 Å². The monoisotopic (exact) mass is 582 g/mol. The van der Waals surface area contributed by atoms with Crippen molar-refractivity contribution >= 4 is 17.9 Å². The maximum Gasteiger partial charge on any atom is 0.306 e. The molecule has 0 aliphatic heterocycles. The maximum absolute atomic E-state index is 12.5. The molecule has 0 aromatic heterocycles. The fraction of sp³-hybridized carbons (Fsp3) is 0.914. The second-order valence-corrected chi connectivity index (χ2v) is 12.3. The molecule has 242 valence electrons. The molecule has 0 saturated heterocycles. The Hall–Kier alpha value is -1.59. The molecule has 1 atom stereocenters. The predicted molar refractivity (Wildman–Crippen MR) is 169 cm³/mol. The van der Waals surface area contributed by atoms with Gasteiger partial charge in [0.25, 0.3) is 0 Å². The van der Waals surface area contributed by atoms with Crippen molar-refractivity contribution in [2.24, 2.45) is 5.92 Å². The maximum atomic E-state index is 12.5. The molecule has 0 aliphatic carbocycles. The quantitative estimate of drug-likeness (QED) is 0.0476. The Kier molecular flexibility index (Phi) is 28.7. The van der Waals surface area contributed by atoms with Crippen LogP contribution in [-0.2, 0) is 28.6 Å². The van der Waals surface area contributed by atoms with Crippen molar-refractivity contribution in [3.63, 3.8) is 0 Å². The van der Waals surface area contributed by atoms with E-state index in [1.165, 1.54) is 70.6 Å². The molecule has 0 bridgehead atoms. The van der Waals surface area contributed by atoms with E-state index in [0.29, 0.717) is 19.3 Å². The zero-order valence-corrected chi connectivity index (χ0v) is 27.5. The van der Waals surface area contributed by atoms with Gasteiger partial charge in [0.2, 0.25) is 0 Å². The lowest BCUT2D eigenvalue weighted by Crippen LogP contribution is -2.30. The van der Waals surface area contributed by atoms with Crippen molar-refractivity contribution in [3.05, 3.63) is 0 Å². The molecule has 41 heavy (non-hydrogen) atoms. The van der Waals surface area contributed by atoms with E-state index in [-0.39, 0.29) is 31.1 Å². The van der Waals surface area contributed by atoms with Gasteiger partial charge < -0.3 is 14.2 Å². The highest BCUT2D eigenvalue weighted by Gasteiger charge is 2.19. The first-order valence-corrected chi connectivity index (χ1v) is 17.4. The van der Waals surface area contributed by atoms with Crippen LogP contribution < -0.4 is 0 Å². The van der Waals surface area contributed by atoms with E-state index in [0.717, 1.165) is 70.1 Å². The molecule has 0 aromatic rings. The summed E-state index contributed by atoms with van der Waals surface area (Å²) in [6.07, 6.45) is 24.2. The van der Waals surface area contributed by atoms with Crippen molar-refractivity contribution in [2.75, 3.05) is 13.2 Å². The lowest BCUT2D eigenvalue weighted by molar-refractivity contribution is -0.167. The summed E-state index contributed by atoms with van der Waals surface area (Å²) in [5, 5.41) is 0. The van der Waals surface area contributed by atoms with Crippen LogP contribution in [0.1, 0.15) is 182 Å². The summed E-state index contributed by atoms with van der Waals surface area (Å²) >= 11 is 0. The van der Waals surface area contributed by atoms with Crippen LogP contribution >= 0.6 is 0 Å². The normalized spacial score (nSPS) is 11.9. The number of hydrogen-bond acceptors (Lipinski definition) is 6. The lowest BCUT2D eigenvalue weighted by atomic mass is 10.0. The highest BCUT2D eigenvalue weighted by molar-refractivity contribution is 5.71. The van der Waals surface area contributed by atoms with Crippen molar-refractivity contribution < 1.29 is 28.6 Å². The van der Waals surface area contributed by atoms with E-state index in [1.807, 2.05) is 0 Å². The number of rotatable bonds is 30. The third-order valence-electron chi connectivity index (χ3n) is 7.54. The summed E-state index contributed by atoms with van der Waals surface area (Å²) in [4.78, 5) is 37.0. The van der Waals surface area contributed by atoms with E-state index in [4.69, 9.17) is 14.2 Å². The van der Waals surface area contributed by atoms with Crippen LogP contribution in [0.2, 0.25) is 0 Å². The lowest BCUT2D eigenvalue weighted by Gasteiger charge is -2.18. The minimum Gasteiger partial charge on any atom is -0.462 e. The third-order valence-corrected chi connectivity index (χ3v) is 7.54. The van der Waals surface area contributed by atoms with E-state index in [2.05, 4.69) is 27.7 Å². The molecule has 0 amide bonds. The molecule has 0 radical (unpaired) electrons. The first kappa shape index (κ1) is 39.4.